The van der Waals surface area contributed by atoms with Crippen LogP contribution in [0.25, 0.3) is 0 Å². The second-order valence-corrected chi connectivity index (χ2v) is 8.49. The molecule has 4 nitrogen and oxygen atoms in total. The highest BCUT2D eigenvalue weighted by Gasteiger charge is 2.28. The Bertz CT molecular complexity index is 375. The first-order valence-electron chi connectivity index (χ1n) is 11.3. The molecule has 0 atom stereocenters. The van der Waals surface area contributed by atoms with E-state index >= 15 is 0 Å². The smallest absolute Gasteiger partial charge is 0.430 e. The molecule has 0 aliphatic heterocycles. The lowest BCUT2D eigenvalue weighted by Gasteiger charge is -2.29. The monoisotopic (exact) mass is 427 g/mol. The Kier molecular flexibility index (Phi) is 20.1. The van der Waals surface area contributed by atoms with Gasteiger partial charge in [-0.15, -0.1) is 0 Å². The maximum atomic E-state index is 10.5. The van der Waals surface area contributed by atoms with E-state index in [-0.39, 0.29) is 0 Å². The number of aliphatic hydroxyl groups is 1. The molecule has 0 fully saturated rings. The molecular formula is C22H44F3NO3. The van der Waals surface area contributed by atoms with Crippen molar-refractivity contribution in [1.29, 1.82) is 0 Å². The van der Waals surface area contributed by atoms with Gasteiger partial charge >= 0.3 is 6.18 Å². The quantitative estimate of drug-likeness (QED) is 0.267. The zero-order chi connectivity index (χ0) is 22.6. The molecule has 176 valence electrons. The molecule has 0 radical (unpaired) electrons. The van der Waals surface area contributed by atoms with E-state index in [2.05, 4.69) is 21.0 Å². The lowest BCUT2D eigenvalue weighted by atomic mass is 10.1. The summed E-state index contributed by atoms with van der Waals surface area (Å²) in [6, 6.07) is 0. The van der Waals surface area contributed by atoms with Gasteiger partial charge in [0, 0.05) is 6.61 Å². The summed E-state index contributed by atoms with van der Waals surface area (Å²) in [5, 5.41) is 17.6. The molecule has 0 amide bonds. The van der Waals surface area contributed by atoms with Gasteiger partial charge in [0.1, 0.15) is 5.97 Å². The largest absolute Gasteiger partial charge is 0.542 e. The SMILES string of the molecule is CCCCCCCCCCCCCC[N+](C)(C)CCCCO.O=C([O-])C(F)(F)F. The Morgan fingerprint density at radius 2 is 1.07 bits per heavy atom. The standard InChI is InChI=1S/C20H44NO.C2HF3O2/c1-4-5-6-7-8-9-10-11-12-13-14-15-18-21(2,3)19-16-17-20-22;3-2(4,5)1(6)7/h22H,4-20H2,1-3H3;(H,6,7)/q+1;/p-1. The van der Waals surface area contributed by atoms with Crippen LogP contribution in [0.4, 0.5) is 13.2 Å². The zero-order valence-electron chi connectivity index (χ0n) is 18.9. The van der Waals surface area contributed by atoms with E-state index in [0.717, 1.165) is 17.3 Å². The molecule has 7 heteroatoms. The highest BCUT2D eigenvalue weighted by molar-refractivity contribution is 5.70. The van der Waals surface area contributed by atoms with Gasteiger partial charge < -0.3 is 19.5 Å². The molecule has 0 spiro atoms. The molecule has 0 aromatic carbocycles. The molecule has 0 unspecified atom stereocenters. The van der Waals surface area contributed by atoms with Crippen molar-refractivity contribution in [3.05, 3.63) is 0 Å². The maximum Gasteiger partial charge on any atom is 0.430 e. The van der Waals surface area contributed by atoms with E-state index in [1.165, 1.54) is 90.1 Å². The van der Waals surface area contributed by atoms with E-state index in [9.17, 15) is 13.2 Å². The molecule has 1 N–H and O–H groups in total. The average molecular weight is 428 g/mol. The highest BCUT2D eigenvalue weighted by Crippen LogP contribution is 2.13. The van der Waals surface area contributed by atoms with Crippen LogP contribution in [0.2, 0.25) is 0 Å². The normalized spacial score (nSPS) is 11.8. The van der Waals surface area contributed by atoms with Gasteiger partial charge in [0.05, 0.1) is 27.2 Å². The Morgan fingerprint density at radius 1 is 0.759 bits per heavy atom. The second-order valence-electron chi connectivity index (χ2n) is 8.49. The number of hydrogen-bond acceptors (Lipinski definition) is 3. The van der Waals surface area contributed by atoms with Crippen molar-refractivity contribution in [3.63, 3.8) is 0 Å². The van der Waals surface area contributed by atoms with Gasteiger partial charge in [0.15, 0.2) is 0 Å². The van der Waals surface area contributed by atoms with Gasteiger partial charge in [-0.3, -0.25) is 0 Å². The number of aliphatic hydroxyl groups excluding tert-OH is 1. The van der Waals surface area contributed by atoms with Crippen LogP contribution in [-0.2, 0) is 4.79 Å². The third kappa shape index (κ3) is 25.1. The topological polar surface area (TPSA) is 60.4 Å². The van der Waals surface area contributed by atoms with Gasteiger partial charge in [-0.25, -0.2) is 0 Å². The third-order valence-electron chi connectivity index (χ3n) is 5.02. The summed E-state index contributed by atoms with van der Waals surface area (Å²) in [5.41, 5.74) is 0. The first kappa shape index (κ1) is 30.4. The molecule has 29 heavy (non-hydrogen) atoms. The number of nitrogens with zero attached hydrogens (tertiary/aromatic N) is 1. The third-order valence-corrected chi connectivity index (χ3v) is 5.02. The van der Waals surface area contributed by atoms with Crippen LogP contribution in [0, 0.1) is 0 Å². The lowest BCUT2D eigenvalue weighted by molar-refractivity contribution is -0.890. The Labute approximate surface area is 176 Å². The minimum absolute atomic E-state index is 0.346. The van der Waals surface area contributed by atoms with E-state index < -0.39 is 12.1 Å². The summed E-state index contributed by atoms with van der Waals surface area (Å²) in [6.45, 7) is 5.13. The highest BCUT2D eigenvalue weighted by atomic mass is 19.4. The van der Waals surface area contributed by atoms with Crippen molar-refractivity contribution in [1.82, 2.24) is 0 Å². The van der Waals surface area contributed by atoms with Gasteiger partial charge in [0.2, 0.25) is 0 Å². The maximum absolute atomic E-state index is 10.5. The summed E-state index contributed by atoms with van der Waals surface area (Å²) in [4.78, 5) is 8.78. The summed E-state index contributed by atoms with van der Waals surface area (Å²) in [7, 11) is 4.66. The number of alkyl halides is 3. The number of unbranched alkanes of at least 4 members (excludes halogenated alkanes) is 12. The fourth-order valence-electron chi connectivity index (χ4n) is 3.14. The first-order chi connectivity index (χ1) is 13.6. The molecule has 0 aromatic rings. The van der Waals surface area contributed by atoms with Crippen LogP contribution in [0.1, 0.15) is 96.8 Å². The number of quaternary nitrogens is 1. The summed E-state index contributed by atoms with van der Waals surface area (Å²) in [6.07, 6.45) is 14.0. The fourth-order valence-corrected chi connectivity index (χ4v) is 3.14. The van der Waals surface area contributed by atoms with E-state index in [0.29, 0.717) is 6.61 Å². The van der Waals surface area contributed by atoms with E-state index in [1.807, 2.05) is 0 Å². The van der Waals surface area contributed by atoms with Crippen LogP contribution < -0.4 is 5.11 Å². The van der Waals surface area contributed by atoms with Crippen molar-refractivity contribution in [2.24, 2.45) is 0 Å². The van der Waals surface area contributed by atoms with Crippen molar-refractivity contribution < 1.29 is 32.7 Å². The molecule has 0 heterocycles. The molecule has 0 aromatic heterocycles. The number of carbonyl (C=O) groups is 1. The minimum Gasteiger partial charge on any atom is -0.542 e. The Morgan fingerprint density at radius 3 is 1.38 bits per heavy atom. The number of carbonyl (C=O) groups excluding carboxylic acids is 1. The Hall–Kier alpha value is -0.820. The van der Waals surface area contributed by atoms with Crippen LogP contribution >= 0.6 is 0 Å². The molecule has 0 rings (SSSR count). The summed E-state index contributed by atoms with van der Waals surface area (Å²) in [5.74, 6) is -3.01. The fraction of sp³-hybridized carbons (Fsp3) is 0.955. The number of carboxylic acids is 1. The molecule has 0 saturated heterocycles. The molecule has 0 aliphatic rings. The van der Waals surface area contributed by atoms with E-state index in [4.69, 9.17) is 15.0 Å². The van der Waals surface area contributed by atoms with Crippen molar-refractivity contribution in [3.8, 4) is 0 Å². The summed E-state index contributed by atoms with van der Waals surface area (Å²) < 4.78 is 32.7. The molecular weight excluding hydrogens is 383 g/mol. The number of carboxylic acid groups (broad SMARTS) is 1. The van der Waals surface area contributed by atoms with Crippen LogP contribution in [0.5, 0.6) is 0 Å². The van der Waals surface area contributed by atoms with Crippen molar-refractivity contribution in [2.75, 3.05) is 33.8 Å². The predicted octanol–water partition coefficient (Wildman–Crippen LogP) is 4.84. The zero-order valence-corrected chi connectivity index (χ0v) is 18.9. The number of rotatable bonds is 17. The molecule has 0 saturated carbocycles. The minimum atomic E-state index is -5.19. The van der Waals surface area contributed by atoms with Gasteiger partial charge in [-0.2, -0.15) is 13.2 Å². The Balaban J connectivity index is 0. The lowest BCUT2D eigenvalue weighted by Crippen LogP contribution is -2.41. The predicted molar refractivity (Wildman–Crippen MR) is 110 cm³/mol. The van der Waals surface area contributed by atoms with Crippen LogP contribution in [-0.4, -0.2) is 55.5 Å². The first-order valence-corrected chi connectivity index (χ1v) is 11.3. The number of halogens is 3. The summed E-state index contributed by atoms with van der Waals surface area (Å²) >= 11 is 0. The van der Waals surface area contributed by atoms with Crippen LogP contribution in [0.15, 0.2) is 0 Å². The second kappa shape index (κ2) is 19.2. The van der Waals surface area contributed by atoms with Gasteiger partial charge in [0.25, 0.3) is 0 Å². The van der Waals surface area contributed by atoms with E-state index in [1.54, 1.807) is 0 Å². The van der Waals surface area contributed by atoms with Crippen molar-refractivity contribution in [2.45, 2.75) is 103 Å². The molecule has 0 bridgehead atoms. The number of aliphatic carboxylic acids is 1. The van der Waals surface area contributed by atoms with Gasteiger partial charge in [-0.05, 0) is 25.7 Å². The number of hydrogen-bond donors (Lipinski definition) is 1. The van der Waals surface area contributed by atoms with Crippen molar-refractivity contribution >= 4 is 5.97 Å². The molecule has 0 aliphatic carbocycles. The average Bonchev–Trinajstić information content (AvgIpc) is 2.62. The van der Waals surface area contributed by atoms with Gasteiger partial charge in [-0.1, -0.05) is 71.1 Å². The van der Waals surface area contributed by atoms with Crippen LogP contribution in [0.3, 0.4) is 0 Å².